The molecule has 2 nitrogen and oxygen atoms in total. The van der Waals surface area contributed by atoms with Crippen LogP contribution in [0.3, 0.4) is 0 Å². The SMILES string of the molecule is CCCCCCCCc1c(CCCC)cc(C2=CC(CCCC)=C(c3cc(CCCC)c(CCCCCCCC)c(CCCC)c3)[N+]2=[N-])cc1CCCC. The standard InChI is InChI=1S/C52H84N2/c1-8-15-22-24-26-28-35-49-42(30-17-10-3)37-47(38-43(49)31-18-11-4)51-41-46(34-21-14-7)52(54(51)53)48-39-44(32-19-12-5)50(45(40-48)33-20-13-6)36-29-27-25-23-16-9-2/h37-41H,8-36H2,1-7H3. The van der Waals surface area contributed by atoms with Crippen LogP contribution >= 0.6 is 0 Å². The zero-order valence-corrected chi connectivity index (χ0v) is 36.8. The summed E-state index contributed by atoms with van der Waals surface area (Å²) in [6, 6.07) is 9.97. The van der Waals surface area contributed by atoms with Crippen LogP contribution in [0.25, 0.3) is 16.9 Å². The molecule has 0 radical (unpaired) electrons. The predicted molar refractivity (Wildman–Crippen MR) is 240 cm³/mol. The van der Waals surface area contributed by atoms with Gasteiger partial charge in [-0.2, -0.15) is 0 Å². The summed E-state index contributed by atoms with van der Waals surface area (Å²) < 4.78 is 1.62. The zero-order valence-electron chi connectivity index (χ0n) is 36.8. The van der Waals surface area contributed by atoms with E-state index in [0.29, 0.717) is 0 Å². The van der Waals surface area contributed by atoms with Crippen LogP contribution in [0.2, 0.25) is 0 Å². The van der Waals surface area contributed by atoms with E-state index in [-0.39, 0.29) is 0 Å². The summed E-state index contributed by atoms with van der Waals surface area (Å²) in [6.07, 6.45) is 38.4. The van der Waals surface area contributed by atoms with Crippen LogP contribution < -0.4 is 0 Å². The van der Waals surface area contributed by atoms with Crippen LogP contribution in [0.5, 0.6) is 0 Å². The highest BCUT2D eigenvalue weighted by Crippen LogP contribution is 2.40. The van der Waals surface area contributed by atoms with E-state index in [4.69, 9.17) is 0 Å². The van der Waals surface area contributed by atoms with E-state index in [0.717, 1.165) is 56.3 Å². The van der Waals surface area contributed by atoms with Crippen molar-refractivity contribution in [2.24, 2.45) is 0 Å². The monoisotopic (exact) mass is 737 g/mol. The fourth-order valence-electron chi connectivity index (χ4n) is 8.67. The van der Waals surface area contributed by atoms with Gasteiger partial charge in [0.25, 0.3) is 0 Å². The minimum atomic E-state index is 0.985. The number of nitrogens with zero attached hydrogens (tertiary/aromatic N) is 2. The highest BCUT2D eigenvalue weighted by molar-refractivity contribution is 5.79. The third-order valence-electron chi connectivity index (χ3n) is 12.1. The summed E-state index contributed by atoms with van der Waals surface area (Å²) in [6.45, 7) is 16.2. The molecule has 302 valence electrons. The van der Waals surface area contributed by atoms with Crippen LogP contribution in [0, 0.1) is 0 Å². The molecular formula is C52H84N2. The first-order chi connectivity index (χ1) is 26.5. The van der Waals surface area contributed by atoms with Gasteiger partial charge in [-0.1, -0.05) is 145 Å². The molecule has 1 aliphatic rings. The Bertz CT molecular complexity index is 1380. The lowest BCUT2D eigenvalue weighted by Crippen LogP contribution is -2.09. The number of allylic oxidation sites excluding steroid dienone is 2. The molecule has 0 aliphatic carbocycles. The lowest BCUT2D eigenvalue weighted by molar-refractivity contribution is -0.344. The molecule has 0 fully saturated rings. The Hall–Kier alpha value is -2.48. The summed E-state index contributed by atoms with van der Waals surface area (Å²) in [5.74, 6) is 0. The molecule has 0 N–H and O–H groups in total. The van der Waals surface area contributed by atoms with Gasteiger partial charge in [0, 0.05) is 22.8 Å². The molecule has 2 aromatic carbocycles. The van der Waals surface area contributed by atoms with E-state index in [1.165, 1.54) is 169 Å². The fraction of sp³-hybridized carbons (Fsp3) is 0.692. The molecule has 54 heavy (non-hydrogen) atoms. The maximum Gasteiger partial charge on any atom is 0.210 e. The van der Waals surface area contributed by atoms with Gasteiger partial charge in [0.15, 0.2) is 0 Å². The fourth-order valence-corrected chi connectivity index (χ4v) is 8.67. The molecule has 0 saturated carbocycles. The van der Waals surface area contributed by atoms with Crippen molar-refractivity contribution in [3.63, 3.8) is 0 Å². The third-order valence-corrected chi connectivity index (χ3v) is 12.1. The van der Waals surface area contributed by atoms with Crippen molar-refractivity contribution in [1.29, 1.82) is 0 Å². The Morgan fingerprint density at radius 1 is 0.370 bits per heavy atom. The van der Waals surface area contributed by atoms with Gasteiger partial charge in [0.05, 0.1) is 0 Å². The number of unbranched alkanes of at least 4 members (excludes halogenated alkanes) is 15. The maximum absolute atomic E-state index is 12.4. The molecule has 0 amide bonds. The Labute approximate surface area is 335 Å². The number of hydrogen-bond donors (Lipinski definition) is 0. The summed E-state index contributed by atoms with van der Waals surface area (Å²) in [5, 5.41) is 0. The third kappa shape index (κ3) is 14.5. The first-order valence-electron chi connectivity index (χ1n) is 23.7. The smallest absolute Gasteiger partial charge is 0.210 e. The molecule has 1 heterocycles. The van der Waals surface area contributed by atoms with Gasteiger partial charge < -0.3 is 5.53 Å². The van der Waals surface area contributed by atoms with Gasteiger partial charge in [-0.25, -0.2) is 4.70 Å². The lowest BCUT2D eigenvalue weighted by atomic mass is 9.87. The first kappa shape index (κ1) is 45.9. The summed E-state index contributed by atoms with van der Waals surface area (Å²) >= 11 is 0. The average Bonchev–Trinajstić information content (AvgIpc) is 3.52. The normalized spacial score (nSPS) is 13.1. The second-order valence-electron chi connectivity index (χ2n) is 16.8. The van der Waals surface area contributed by atoms with E-state index in [1.54, 1.807) is 27.0 Å². The van der Waals surface area contributed by atoms with Crippen LogP contribution in [-0.4, -0.2) is 4.70 Å². The molecule has 0 atom stereocenters. The average molecular weight is 737 g/mol. The molecule has 0 saturated heterocycles. The summed E-state index contributed by atoms with van der Waals surface area (Å²) in [4.78, 5) is 0. The highest BCUT2D eigenvalue weighted by atomic mass is 15.2. The van der Waals surface area contributed by atoms with E-state index >= 15 is 0 Å². The minimum Gasteiger partial charge on any atom is -0.493 e. The molecule has 3 rings (SSSR count). The summed E-state index contributed by atoms with van der Waals surface area (Å²) in [5.41, 5.74) is 27.6. The van der Waals surface area contributed by atoms with Gasteiger partial charge in [0.1, 0.15) is 0 Å². The van der Waals surface area contributed by atoms with E-state index in [9.17, 15) is 5.53 Å². The van der Waals surface area contributed by atoms with Gasteiger partial charge in [-0.15, -0.1) is 0 Å². The second-order valence-corrected chi connectivity index (χ2v) is 16.8. The maximum atomic E-state index is 12.4. The molecule has 2 heteroatoms. The minimum absolute atomic E-state index is 0.985. The van der Waals surface area contributed by atoms with Crippen molar-refractivity contribution in [2.45, 2.75) is 235 Å². The number of benzene rings is 2. The largest absolute Gasteiger partial charge is 0.493 e. The van der Waals surface area contributed by atoms with E-state index in [1.807, 2.05) is 0 Å². The Morgan fingerprint density at radius 3 is 1.09 bits per heavy atom. The second kappa shape index (κ2) is 27.2. The highest BCUT2D eigenvalue weighted by Gasteiger charge is 2.31. The Kier molecular flexibility index (Phi) is 23.1. The van der Waals surface area contributed by atoms with Crippen molar-refractivity contribution in [1.82, 2.24) is 0 Å². The van der Waals surface area contributed by atoms with Gasteiger partial charge in [0.2, 0.25) is 11.4 Å². The molecular weight excluding hydrogens is 653 g/mol. The molecule has 1 aliphatic heterocycles. The predicted octanol–water partition coefficient (Wildman–Crippen LogP) is 16.9. The molecule has 2 aromatic rings. The van der Waals surface area contributed by atoms with Crippen molar-refractivity contribution in [2.75, 3.05) is 0 Å². The topological polar surface area (TPSA) is 25.3 Å². The van der Waals surface area contributed by atoms with Crippen molar-refractivity contribution in [3.05, 3.63) is 86.0 Å². The lowest BCUT2D eigenvalue weighted by Gasteiger charge is -2.20. The van der Waals surface area contributed by atoms with Crippen LogP contribution in [0.1, 0.15) is 241 Å². The van der Waals surface area contributed by atoms with Gasteiger partial charge in [-0.05, 0) is 148 Å². The van der Waals surface area contributed by atoms with Crippen LogP contribution in [0.4, 0.5) is 0 Å². The number of rotatable bonds is 31. The zero-order chi connectivity index (χ0) is 39.0. The number of hydrogen-bond acceptors (Lipinski definition) is 0. The van der Waals surface area contributed by atoms with Gasteiger partial charge in [-0.3, -0.25) is 0 Å². The molecule has 0 spiro atoms. The first-order valence-corrected chi connectivity index (χ1v) is 23.7. The van der Waals surface area contributed by atoms with E-state index < -0.39 is 0 Å². The number of aryl methyl sites for hydroxylation is 4. The summed E-state index contributed by atoms with van der Waals surface area (Å²) in [7, 11) is 0. The van der Waals surface area contributed by atoms with Crippen molar-refractivity contribution < 1.29 is 4.70 Å². The quantitative estimate of drug-likeness (QED) is 0.0544. The molecule has 0 unspecified atom stereocenters. The van der Waals surface area contributed by atoms with Crippen molar-refractivity contribution >= 4 is 11.4 Å². The Balaban J connectivity index is 2.08. The molecule has 0 aromatic heterocycles. The molecule has 0 bridgehead atoms. The van der Waals surface area contributed by atoms with Crippen LogP contribution in [0.15, 0.2) is 35.9 Å². The van der Waals surface area contributed by atoms with Crippen LogP contribution in [-0.2, 0) is 38.5 Å². The van der Waals surface area contributed by atoms with Crippen molar-refractivity contribution in [3.8, 4) is 0 Å². The van der Waals surface area contributed by atoms with Gasteiger partial charge >= 0.3 is 0 Å². The van der Waals surface area contributed by atoms with E-state index in [2.05, 4.69) is 78.8 Å². The Morgan fingerprint density at radius 2 is 0.704 bits per heavy atom.